The number of halogens is 2. The summed E-state index contributed by atoms with van der Waals surface area (Å²) in [5.74, 6) is 0.260. The summed E-state index contributed by atoms with van der Waals surface area (Å²) < 4.78 is 31.1. The third-order valence-electron chi connectivity index (χ3n) is 4.48. The molecule has 0 aliphatic heterocycles. The quantitative estimate of drug-likeness (QED) is 0.634. The number of sulfonamides is 1. The highest BCUT2D eigenvalue weighted by atomic mass is 35.5. The zero-order chi connectivity index (χ0) is 21.8. The van der Waals surface area contributed by atoms with Crippen molar-refractivity contribution in [2.75, 3.05) is 17.7 Å². The molecule has 1 N–H and O–H groups in total. The Morgan fingerprint density at radius 3 is 2.31 bits per heavy atom. The Morgan fingerprint density at radius 1 is 1.17 bits per heavy atom. The number of methoxy groups -OCH3 is 1. The molecule has 6 nitrogen and oxygen atoms in total. The normalized spacial score (nSPS) is 13.4. The van der Waals surface area contributed by atoms with Gasteiger partial charge in [-0.2, -0.15) is 0 Å². The van der Waals surface area contributed by atoms with E-state index >= 15 is 0 Å². The van der Waals surface area contributed by atoms with E-state index in [1.807, 2.05) is 31.2 Å². The Hall–Kier alpha value is -1.96. The van der Waals surface area contributed by atoms with E-state index in [0.717, 1.165) is 16.1 Å². The molecule has 0 aliphatic rings. The standard InChI is InChI=1S/C20H24Cl2N2O4S/c1-5-18(14-6-9-16(28-3)10-7-14)23-20(25)13(2)24(29(4,26)27)19-12-15(21)8-11-17(19)22/h6-13,18H,5H2,1-4H3,(H,23,25). The zero-order valence-electron chi connectivity index (χ0n) is 16.6. The number of nitrogens with one attached hydrogen (secondary N) is 1. The molecule has 0 aliphatic carbocycles. The Bertz CT molecular complexity index is 965. The Morgan fingerprint density at radius 2 is 1.79 bits per heavy atom. The van der Waals surface area contributed by atoms with E-state index in [2.05, 4.69) is 5.32 Å². The molecule has 29 heavy (non-hydrogen) atoms. The number of rotatable bonds is 8. The zero-order valence-corrected chi connectivity index (χ0v) is 19.0. The van der Waals surface area contributed by atoms with Crippen molar-refractivity contribution in [2.24, 2.45) is 0 Å². The van der Waals surface area contributed by atoms with Gasteiger partial charge in [0.25, 0.3) is 0 Å². The van der Waals surface area contributed by atoms with Crippen molar-refractivity contribution in [1.82, 2.24) is 5.32 Å². The molecule has 0 bridgehead atoms. The first kappa shape index (κ1) is 23.3. The van der Waals surface area contributed by atoms with E-state index in [-0.39, 0.29) is 16.8 Å². The van der Waals surface area contributed by atoms with Gasteiger partial charge in [0.2, 0.25) is 15.9 Å². The molecule has 0 radical (unpaired) electrons. The van der Waals surface area contributed by atoms with Gasteiger partial charge in [0.05, 0.1) is 30.1 Å². The van der Waals surface area contributed by atoms with Gasteiger partial charge in [-0.3, -0.25) is 9.10 Å². The number of amides is 1. The number of carbonyl (C=O) groups is 1. The Kier molecular flexibility index (Phi) is 7.80. The summed E-state index contributed by atoms with van der Waals surface area (Å²) in [6.45, 7) is 3.44. The summed E-state index contributed by atoms with van der Waals surface area (Å²) >= 11 is 12.2. The SMILES string of the molecule is CCC(NC(=O)C(C)N(c1cc(Cl)ccc1Cl)S(C)(=O)=O)c1ccc(OC)cc1. The first-order chi connectivity index (χ1) is 13.6. The smallest absolute Gasteiger partial charge is 0.244 e. The van der Waals surface area contributed by atoms with Crippen LogP contribution >= 0.6 is 23.2 Å². The maximum absolute atomic E-state index is 12.9. The third-order valence-corrected chi connectivity index (χ3v) is 6.26. The monoisotopic (exact) mass is 458 g/mol. The average molecular weight is 459 g/mol. The van der Waals surface area contributed by atoms with Crippen molar-refractivity contribution in [3.05, 3.63) is 58.1 Å². The van der Waals surface area contributed by atoms with Crippen molar-refractivity contribution < 1.29 is 17.9 Å². The van der Waals surface area contributed by atoms with Gasteiger partial charge in [0.1, 0.15) is 11.8 Å². The van der Waals surface area contributed by atoms with Crippen molar-refractivity contribution in [3.8, 4) is 5.75 Å². The van der Waals surface area contributed by atoms with Crippen LogP contribution in [0.4, 0.5) is 5.69 Å². The molecule has 2 unspecified atom stereocenters. The van der Waals surface area contributed by atoms with Crippen molar-refractivity contribution in [1.29, 1.82) is 0 Å². The van der Waals surface area contributed by atoms with Gasteiger partial charge in [0, 0.05) is 5.02 Å². The highest BCUT2D eigenvalue weighted by molar-refractivity contribution is 7.92. The van der Waals surface area contributed by atoms with Crippen LogP contribution in [0.3, 0.4) is 0 Å². The minimum Gasteiger partial charge on any atom is -0.497 e. The summed E-state index contributed by atoms with van der Waals surface area (Å²) in [5, 5.41) is 3.41. The summed E-state index contributed by atoms with van der Waals surface area (Å²) in [6, 6.07) is 10.5. The molecule has 158 valence electrons. The third kappa shape index (κ3) is 5.78. The van der Waals surface area contributed by atoms with Gasteiger partial charge in [-0.05, 0) is 49.2 Å². The Labute approximate surface area is 181 Å². The van der Waals surface area contributed by atoms with Gasteiger partial charge in [-0.25, -0.2) is 8.42 Å². The molecule has 2 aromatic rings. The number of hydrogen-bond donors (Lipinski definition) is 1. The summed E-state index contributed by atoms with van der Waals surface area (Å²) in [7, 11) is -2.22. The van der Waals surface area contributed by atoms with E-state index in [9.17, 15) is 13.2 Å². The number of ether oxygens (including phenoxy) is 1. The van der Waals surface area contributed by atoms with Crippen LogP contribution in [0.15, 0.2) is 42.5 Å². The fraction of sp³-hybridized carbons (Fsp3) is 0.350. The van der Waals surface area contributed by atoms with Crippen LogP contribution in [0.25, 0.3) is 0 Å². The van der Waals surface area contributed by atoms with Crippen molar-refractivity contribution >= 4 is 44.8 Å². The van der Waals surface area contributed by atoms with Gasteiger partial charge < -0.3 is 10.1 Å². The van der Waals surface area contributed by atoms with E-state index in [1.165, 1.54) is 19.1 Å². The summed E-state index contributed by atoms with van der Waals surface area (Å²) in [4.78, 5) is 12.9. The molecule has 0 saturated carbocycles. The van der Waals surface area contributed by atoms with E-state index in [1.54, 1.807) is 13.2 Å². The number of anilines is 1. The molecule has 2 aromatic carbocycles. The van der Waals surface area contributed by atoms with Crippen LogP contribution < -0.4 is 14.4 Å². The molecule has 1 amide bonds. The lowest BCUT2D eigenvalue weighted by Gasteiger charge is -2.30. The maximum atomic E-state index is 12.9. The summed E-state index contributed by atoms with van der Waals surface area (Å²) in [6.07, 6.45) is 1.65. The van der Waals surface area contributed by atoms with Crippen molar-refractivity contribution in [2.45, 2.75) is 32.4 Å². The molecule has 0 fully saturated rings. The first-order valence-electron chi connectivity index (χ1n) is 8.97. The Balaban J connectivity index is 2.31. The number of hydrogen-bond acceptors (Lipinski definition) is 4. The van der Waals surface area contributed by atoms with Gasteiger partial charge >= 0.3 is 0 Å². The molecule has 2 atom stereocenters. The fourth-order valence-corrected chi connectivity index (χ4v) is 4.59. The highest BCUT2D eigenvalue weighted by Crippen LogP contribution is 2.32. The van der Waals surface area contributed by atoms with Crippen LogP contribution in [0.2, 0.25) is 10.0 Å². The number of nitrogens with zero attached hydrogens (tertiary/aromatic N) is 1. The predicted molar refractivity (Wildman–Crippen MR) is 117 cm³/mol. The van der Waals surface area contributed by atoms with Crippen LogP contribution in [0.5, 0.6) is 5.75 Å². The van der Waals surface area contributed by atoms with Gasteiger partial charge in [0.15, 0.2) is 0 Å². The van der Waals surface area contributed by atoms with E-state index in [0.29, 0.717) is 17.2 Å². The molecule has 0 spiro atoms. The first-order valence-corrected chi connectivity index (χ1v) is 11.6. The molecule has 0 aromatic heterocycles. The minimum absolute atomic E-state index is 0.154. The van der Waals surface area contributed by atoms with Gasteiger partial charge in [-0.15, -0.1) is 0 Å². The molecule has 2 rings (SSSR count). The summed E-state index contributed by atoms with van der Waals surface area (Å²) in [5.41, 5.74) is 1.04. The van der Waals surface area contributed by atoms with Crippen molar-refractivity contribution in [3.63, 3.8) is 0 Å². The van der Waals surface area contributed by atoms with Crippen LogP contribution in [-0.4, -0.2) is 33.7 Å². The molecule has 0 saturated heterocycles. The topological polar surface area (TPSA) is 75.7 Å². The lowest BCUT2D eigenvalue weighted by atomic mass is 10.0. The van der Waals surface area contributed by atoms with Crippen LogP contribution in [0.1, 0.15) is 31.9 Å². The molecule has 9 heteroatoms. The predicted octanol–water partition coefficient (Wildman–Crippen LogP) is 4.42. The van der Waals surface area contributed by atoms with E-state index in [4.69, 9.17) is 27.9 Å². The molecule has 0 heterocycles. The number of benzene rings is 2. The fourth-order valence-electron chi connectivity index (χ4n) is 2.99. The second kappa shape index (κ2) is 9.69. The minimum atomic E-state index is -3.80. The largest absolute Gasteiger partial charge is 0.497 e. The highest BCUT2D eigenvalue weighted by Gasteiger charge is 2.31. The average Bonchev–Trinajstić information content (AvgIpc) is 2.67. The molecular formula is C20H24Cl2N2O4S. The second-order valence-corrected chi connectivity index (χ2v) is 9.28. The second-order valence-electron chi connectivity index (χ2n) is 6.57. The maximum Gasteiger partial charge on any atom is 0.244 e. The number of carbonyl (C=O) groups excluding carboxylic acids is 1. The van der Waals surface area contributed by atoms with Crippen LogP contribution in [0, 0.1) is 0 Å². The van der Waals surface area contributed by atoms with E-state index < -0.39 is 22.0 Å². The lowest BCUT2D eigenvalue weighted by Crippen LogP contribution is -2.48. The molecular weight excluding hydrogens is 435 g/mol. The lowest BCUT2D eigenvalue weighted by molar-refractivity contribution is -0.122. The van der Waals surface area contributed by atoms with Gasteiger partial charge in [-0.1, -0.05) is 42.3 Å². The van der Waals surface area contributed by atoms with Crippen LogP contribution in [-0.2, 0) is 14.8 Å².